The van der Waals surface area contributed by atoms with E-state index in [1.165, 1.54) is 5.56 Å². The average Bonchev–Trinajstić information content (AvgIpc) is 2.93. The summed E-state index contributed by atoms with van der Waals surface area (Å²) >= 11 is 5.23. The Kier molecular flexibility index (Phi) is 2.16. The number of nitrogens with one attached hydrogen (secondary N) is 1. The molecule has 3 nitrogen and oxygen atoms in total. The minimum absolute atomic E-state index is 0.0109. The second-order valence-corrected chi connectivity index (χ2v) is 5.05. The highest BCUT2D eigenvalue weighted by Crippen LogP contribution is 2.53. The highest BCUT2D eigenvalue weighted by Gasteiger charge is 2.56. The molecule has 3 N–H and O–H groups in total. The molecule has 0 spiro atoms. The third-order valence-corrected chi connectivity index (χ3v) is 3.64. The number of hydrogen-bond donors (Lipinski definition) is 2. The van der Waals surface area contributed by atoms with E-state index < -0.39 is 0 Å². The van der Waals surface area contributed by atoms with Crippen LogP contribution in [0.5, 0.6) is 0 Å². The Bertz CT molecular complexity index is 448. The molecule has 1 saturated heterocycles. The van der Waals surface area contributed by atoms with E-state index in [1.54, 1.807) is 0 Å². The van der Waals surface area contributed by atoms with Crippen LogP contribution in [-0.4, -0.2) is 18.2 Å². The highest BCUT2D eigenvalue weighted by molar-refractivity contribution is 7.80. The van der Waals surface area contributed by atoms with Gasteiger partial charge in [-0.25, -0.2) is 0 Å². The van der Waals surface area contributed by atoms with E-state index in [1.807, 2.05) is 18.2 Å². The summed E-state index contributed by atoms with van der Waals surface area (Å²) < 4.78 is 5.50. The van der Waals surface area contributed by atoms with Crippen LogP contribution in [0.15, 0.2) is 24.3 Å². The number of nitrogens with two attached hydrogens (primary N) is 1. The Morgan fingerprint density at radius 1 is 1.50 bits per heavy atom. The van der Waals surface area contributed by atoms with Crippen LogP contribution in [-0.2, 0) is 10.3 Å². The lowest BCUT2D eigenvalue weighted by molar-refractivity contribution is 0.162. The lowest BCUT2D eigenvalue weighted by Gasteiger charge is -2.19. The van der Waals surface area contributed by atoms with Gasteiger partial charge in [-0.2, -0.15) is 0 Å². The molecule has 4 heteroatoms. The lowest BCUT2D eigenvalue weighted by atomic mass is 10.0. The van der Waals surface area contributed by atoms with Gasteiger partial charge in [-0.3, -0.25) is 0 Å². The molecule has 0 radical (unpaired) electrons. The molecular formula is C12H14N2OS. The van der Waals surface area contributed by atoms with Crippen LogP contribution < -0.4 is 11.1 Å². The van der Waals surface area contributed by atoms with Crippen molar-refractivity contribution in [2.24, 2.45) is 5.92 Å². The molecule has 1 saturated carbocycles. The summed E-state index contributed by atoms with van der Waals surface area (Å²) in [4.78, 5) is 0.794. The first-order valence-electron chi connectivity index (χ1n) is 5.45. The van der Waals surface area contributed by atoms with E-state index in [0.717, 1.165) is 23.7 Å². The summed E-state index contributed by atoms with van der Waals surface area (Å²) in [7, 11) is 0. The third kappa shape index (κ3) is 1.49. The smallest absolute Gasteiger partial charge is 0.102 e. The number of hydrogen-bond acceptors (Lipinski definition) is 3. The van der Waals surface area contributed by atoms with Gasteiger partial charge in [0.1, 0.15) is 4.99 Å². The van der Waals surface area contributed by atoms with Gasteiger partial charge in [0.25, 0.3) is 0 Å². The summed E-state index contributed by atoms with van der Waals surface area (Å²) in [5, 5.41) is 3.42. The van der Waals surface area contributed by atoms with Gasteiger partial charge < -0.3 is 15.8 Å². The number of ether oxygens (including phenoxy) is 1. The van der Waals surface area contributed by atoms with Gasteiger partial charge in [0.15, 0.2) is 0 Å². The summed E-state index contributed by atoms with van der Waals surface area (Å²) in [6, 6.07) is 8.03. The van der Waals surface area contributed by atoms with Crippen LogP contribution in [0.3, 0.4) is 0 Å². The summed E-state index contributed by atoms with van der Waals surface area (Å²) in [5.41, 5.74) is 7.84. The van der Waals surface area contributed by atoms with Crippen molar-refractivity contribution in [1.29, 1.82) is 0 Å². The van der Waals surface area contributed by atoms with Gasteiger partial charge in [0.05, 0.1) is 18.8 Å². The standard InChI is InChI=1S/C12H14N2OS/c13-10-3-1-2-8(4-10)12-5-9(12)6-15-7-11(16)14-12/h1-4,9H,5-7,13H2,(H,14,16). The van der Waals surface area contributed by atoms with Gasteiger partial charge in [-0.1, -0.05) is 24.4 Å². The molecule has 1 heterocycles. The van der Waals surface area contributed by atoms with Crippen molar-refractivity contribution in [1.82, 2.24) is 5.32 Å². The summed E-state index contributed by atoms with van der Waals surface area (Å²) in [6.45, 7) is 1.32. The molecule has 2 aliphatic rings. The monoisotopic (exact) mass is 234 g/mol. The number of rotatable bonds is 1. The zero-order valence-electron chi connectivity index (χ0n) is 8.90. The summed E-state index contributed by atoms with van der Waals surface area (Å²) in [6.07, 6.45) is 1.08. The van der Waals surface area contributed by atoms with Crippen molar-refractivity contribution in [3.8, 4) is 0 Å². The zero-order valence-corrected chi connectivity index (χ0v) is 9.72. The predicted octanol–water partition coefficient (Wildman–Crippen LogP) is 1.43. The van der Waals surface area contributed by atoms with Crippen molar-refractivity contribution in [2.45, 2.75) is 12.0 Å². The topological polar surface area (TPSA) is 47.3 Å². The van der Waals surface area contributed by atoms with Crippen molar-refractivity contribution in [3.63, 3.8) is 0 Å². The molecule has 1 aliphatic heterocycles. The first-order valence-corrected chi connectivity index (χ1v) is 5.86. The number of benzene rings is 1. The molecule has 2 unspecified atom stereocenters. The molecule has 0 bridgehead atoms. The number of thiocarbonyl (C=S) groups is 1. The Morgan fingerprint density at radius 2 is 2.38 bits per heavy atom. The molecule has 2 atom stereocenters. The fraction of sp³-hybridized carbons (Fsp3) is 0.417. The quantitative estimate of drug-likeness (QED) is 0.570. The molecule has 1 aromatic rings. The normalized spacial score (nSPS) is 32.5. The Hall–Kier alpha value is -1.13. The average molecular weight is 234 g/mol. The van der Waals surface area contributed by atoms with Crippen molar-refractivity contribution in [3.05, 3.63) is 29.8 Å². The van der Waals surface area contributed by atoms with Crippen LogP contribution in [0.25, 0.3) is 0 Å². The molecule has 84 valence electrons. The van der Waals surface area contributed by atoms with E-state index in [-0.39, 0.29) is 5.54 Å². The van der Waals surface area contributed by atoms with Gasteiger partial charge in [0.2, 0.25) is 0 Å². The van der Waals surface area contributed by atoms with E-state index in [0.29, 0.717) is 12.5 Å². The molecule has 1 aromatic carbocycles. The Balaban J connectivity index is 1.96. The fourth-order valence-corrected chi connectivity index (χ4v) is 2.77. The van der Waals surface area contributed by atoms with Crippen LogP contribution in [0.4, 0.5) is 5.69 Å². The molecule has 2 fully saturated rings. The van der Waals surface area contributed by atoms with Crippen LogP contribution in [0.2, 0.25) is 0 Å². The number of nitrogen functional groups attached to an aromatic ring is 1. The van der Waals surface area contributed by atoms with Crippen molar-refractivity contribution < 1.29 is 4.74 Å². The molecule has 3 rings (SSSR count). The number of anilines is 1. The van der Waals surface area contributed by atoms with Crippen molar-refractivity contribution in [2.75, 3.05) is 18.9 Å². The van der Waals surface area contributed by atoms with Gasteiger partial charge in [-0.15, -0.1) is 0 Å². The Morgan fingerprint density at radius 3 is 3.19 bits per heavy atom. The largest absolute Gasteiger partial charge is 0.399 e. The predicted molar refractivity (Wildman–Crippen MR) is 67.2 cm³/mol. The van der Waals surface area contributed by atoms with Crippen LogP contribution >= 0.6 is 12.2 Å². The molecular weight excluding hydrogens is 220 g/mol. The Labute approximate surface area is 100.0 Å². The van der Waals surface area contributed by atoms with E-state index in [2.05, 4.69) is 11.4 Å². The molecule has 1 aliphatic carbocycles. The van der Waals surface area contributed by atoms with Gasteiger partial charge in [0, 0.05) is 11.6 Å². The lowest BCUT2D eigenvalue weighted by Crippen LogP contribution is -2.35. The third-order valence-electron chi connectivity index (χ3n) is 3.42. The zero-order chi connectivity index (χ0) is 11.2. The van der Waals surface area contributed by atoms with E-state index >= 15 is 0 Å². The van der Waals surface area contributed by atoms with E-state index in [4.69, 9.17) is 22.7 Å². The highest BCUT2D eigenvalue weighted by atomic mass is 32.1. The van der Waals surface area contributed by atoms with Gasteiger partial charge >= 0.3 is 0 Å². The minimum atomic E-state index is -0.0109. The summed E-state index contributed by atoms with van der Waals surface area (Å²) in [5.74, 6) is 0.523. The van der Waals surface area contributed by atoms with Gasteiger partial charge in [-0.05, 0) is 24.1 Å². The molecule has 0 aromatic heterocycles. The minimum Gasteiger partial charge on any atom is -0.399 e. The van der Waals surface area contributed by atoms with Crippen molar-refractivity contribution >= 4 is 22.9 Å². The first kappa shape index (κ1) is 10.1. The first-order chi connectivity index (χ1) is 7.71. The molecule has 16 heavy (non-hydrogen) atoms. The SMILES string of the molecule is Nc1cccc(C23CC2COCC(=S)N3)c1. The fourth-order valence-electron chi connectivity index (χ4n) is 2.50. The maximum atomic E-state index is 5.82. The van der Waals surface area contributed by atoms with Crippen LogP contribution in [0.1, 0.15) is 12.0 Å². The maximum Gasteiger partial charge on any atom is 0.102 e. The second-order valence-electron chi connectivity index (χ2n) is 4.56. The molecule has 0 amide bonds. The second kappa shape index (κ2) is 3.43. The number of fused-ring (bicyclic) bond motifs is 1. The van der Waals surface area contributed by atoms with Crippen LogP contribution in [0, 0.1) is 5.92 Å². The maximum absolute atomic E-state index is 5.82. The van der Waals surface area contributed by atoms with E-state index in [9.17, 15) is 0 Å².